The van der Waals surface area contributed by atoms with Crippen molar-refractivity contribution in [1.29, 1.82) is 0 Å². The molecule has 20 heavy (non-hydrogen) atoms. The van der Waals surface area contributed by atoms with Crippen molar-refractivity contribution in [3.8, 4) is 11.5 Å². The lowest BCUT2D eigenvalue weighted by Crippen LogP contribution is -1.93. The number of hydrazone groups is 1. The maximum atomic E-state index is 5.44. The number of rotatable bonds is 6. The van der Waals surface area contributed by atoms with E-state index >= 15 is 0 Å². The highest BCUT2D eigenvalue weighted by atomic mass is 16.5. The molecule has 0 aliphatic carbocycles. The molecule has 0 unspecified atom stereocenters. The van der Waals surface area contributed by atoms with E-state index in [2.05, 4.69) is 10.5 Å². The Hall–Kier alpha value is -2.49. The first-order valence-electron chi connectivity index (χ1n) is 6.48. The fourth-order valence-corrected chi connectivity index (χ4v) is 1.70. The van der Waals surface area contributed by atoms with Crippen LogP contribution in [-0.2, 0) is 0 Å². The van der Waals surface area contributed by atoms with Crippen molar-refractivity contribution < 1.29 is 9.47 Å². The van der Waals surface area contributed by atoms with E-state index in [1.54, 1.807) is 13.3 Å². The second kappa shape index (κ2) is 7.19. The molecule has 2 aromatic rings. The summed E-state index contributed by atoms with van der Waals surface area (Å²) in [6, 6.07) is 15.4. The molecule has 0 saturated carbocycles. The Kier molecular flexibility index (Phi) is 5.00. The fraction of sp³-hybridized carbons (Fsp3) is 0.188. The van der Waals surface area contributed by atoms with Crippen molar-refractivity contribution in [2.45, 2.75) is 6.92 Å². The zero-order chi connectivity index (χ0) is 14.2. The van der Waals surface area contributed by atoms with Gasteiger partial charge >= 0.3 is 0 Å². The van der Waals surface area contributed by atoms with Gasteiger partial charge in [0.25, 0.3) is 0 Å². The van der Waals surface area contributed by atoms with Crippen LogP contribution in [0.5, 0.6) is 11.5 Å². The van der Waals surface area contributed by atoms with Crippen molar-refractivity contribution in [3.05, 3.63) is 54.1 Å². The van der Waals surface area contributed by atoms with Crippen LogP contribution in [0.3, 0.4) is 0 Å². The average molecular weight is 270 g/mol. The molecule has 0 bridgehead atoms. The largest absolute Gasteiger partial charge is 0.497 e. The lowest BCUT2D eigenvalue weighted by molar-refractivity contribution is 0.340. The Morgan fingerprint density at radius 2 is 1.90 bits per heavy atom. The van der Waals surface area contributed by atoms with Crippen LogP contribution >= 0.6 is 0 Å². The maximum Gasteiger partial charge on any atom is 0.119 e. The summed E-state index contributed by atoms with van der Waals surface area (Å²) in [5.41, 5.74) is 4.86. The number of nitrogens with one attached hydrogen (secondary N) is 1. The number of nitrogens with zero attached hydrogens (tertiary/aromatic N) is 1. The van der Waals surface area contributed by atoms with Gasteiger partial charge in [0.2, 0.25) is 0 Å². The fourth-order valence-electron chi connectivity index (χ4n) is 1.70. The van der Waals surface area contributed by atoms with Crippen molar-refractivity contribution in [1.82, 2.24) is 0 Å². The Morgan fingerprint density at radius 1 is 1.10 bits per heavy atom. The summed E-state index contributed by atoms with van der Waals surface area (Å²) in [7, 11) is 1.64. The summed E-state index contributed by atoms with van der Waals surface area (Å²) in [5.74, 6) is 1.67. The molecule has 0 heterocycles. The normalized spacial score (nSPS) is 10.5. The predicted octanol–water partition coefficient (Wildman–Crippen LogP) is 3.54. The van der Waals surface area contributed by atoms with E-state index in [0.29, 0.717) is 6.61 Å². The second-order valence-electron chi connectivity index (χ2n) is 4.10. The Balaban J connectivity index is 1.96. The Bertz CT molecular complexity index is 565. The molecule has 1 N–H and O–H groups in total. The Labute approximate surface area is 119 Å². The molecule has 0 spiro atoms. The molecule has 4 heteroatoms. The number of anilines is 1. The zero-order valence-electron chi connectivity index (χ0n) is 11.7. The van der Waals surface area contributed by atoms with Gasteiger partial charge < -0.3 is 9.47 Å². The first-order chi connectivity index (χ1) is 9.81. The molecule has 0 amide bonds. The third-order valence-electron chi connectivity index (χ3n) is 2.67. The van der Waals surface area contributed by atoms with Crippen LogP contribution < -0.4 is 14.9 Å². The van der Waals surface area contributed by atoms with Crippen LogP contribution in [0, 0.1) is 0 Å². The quantitative estimate of drug-likeness (QED) is 0.645. The first kappa shape index (κ1) is 13.9. The minimum atomic E-state index is 0.657. The number of methoxy groups -OCH3 is 1. The van der Waals surface area contributed by atoms with Crippen LogP contribution in [-0.4, -0.2) is 19.9 Å². The zero-order valence-corrected chi connectivity index (χ0v) is 11.7. The summed E-state index contributed by atoms with van der Waals surface area (Å²) < 4.78 is 10.5. The SMILES string of the molecule is CCOc1cccc(/C=N/Nc2ccc(OC)cc2)c1. The summed E-state index contributed by atoms with van der Waals surface area (Å²) in [6.07, 6.45) is 1.76. The molecule has 104 valence electrons. The molecule has 0 atom stereocenters. The van der Waals surface area contributed by atoms with Gasteiger partial charge in [-0.15, -0.1) is 0 Å². The van der Waals surface area contributed by atoms with Crippen molar-refractivity contribution in [2.24, 2.45) is 5.10 Å². The van der Waals surface area contributed by atoms with Crippen LogP contribution in [0.4, 0.5) is 5.69 Å². The van der Waals surface area contributed by atoms with Crippen LogP contribution in [0.15, 0.2) is 53.6 Å². The second-order valence-corrected chi connectivity index (χ2v) is 4.10. The first-order valence-corrected chi connectivity index (χ1v) is 6.48. The van der Waals surface area contributed by atoms with Gasteiger partial charge in [-0.05, 0) is 48.9 Å². The monoisotopic (exact) mass is 270 g/mol. The van der Waals surface area contributed by atoms with Crippen molar-refractivity contribution in [2.75, 3.05) is 19.1 Å². The maximum absolute atomic E-state index is 5.44. The molecule has 2 rings (SSSR count). The van der Waals surface area contributed by atoms with Gasteiger partial charge in [0.05, 0.1) is 25.6 Å². The van der Waals surface area contributed by atoms with Crippen molar-refractivity contribution >= 4 is 11.9 Å². The van der Waals surface area contributed by atoms with Gasteiger partial charge in [0.15, 0.2) is 0 Å². The van der Waals surface area contributed by atoms with E-state index in [-0.39, 0.29) is 0 Å². The highest BCUT2D eigenvalue weighted by Gasteiger charge is 1.94. The van der Waals surface area contributed by atoms with Crippen molar-refractivity contribution in [3.63, 3.8) is 0 Å². The van der Waals surface area contributed by atoms with E-state index < -0.39 is 0 Å². The number of benzene rings is 2. The summed E-state index contributed by atoms with van der Waals surface area (Å²) in [4.78, 5) is 0. The highest BCUT2D eigenvalue weighted by Crippen LogP contribution is 2.15. The Morgan fingerprint density at radius 3 is 2.60 bits per heavy atom. The molecule has 0 saturated heterocycles. The molecule has 0 aliphatic rings. The molecule has 0 fully saturated rings. The van der Waals surface area contributed by atoms with Gasteiger partial charge in [0.1, 0.15) is 11.5 Å². The minimum absolute atomic E-state index is 0.657. The van der Waals surface area contributed by atoms with Crippen LogP contribution in [0.25, 0.3) is 0 Å². The minimum Gasteiger partial charge on any atom is -0.497 e. The van der Waals surface area contributed by atoms with Gasteiger partial charge in [-0.25, -0.2) is 0 Å². The molecular formula is C16H18N2O2. The summed E-state index contributed by atoms with van der Waals surface area (Å²) in [5, 5.41) is 4.20. The molecule has 0 radical (unpaired) electrons. The molecule has 0 aliphatic heterocycles. The van der Waals surface area contributed by atoms with E-state index in [1.165, 1.54) is 0 Å². The van der Waals surface area contributed by atoms with Gasteiger partial charge in [-0.3, -0.25) is 5.43 Å². The van der Waals surface area contributed by atoms with Gasteiger partial charge in [0, 0.05) is 0 Å². The predicted molar refractivity (Wildman–Crippen MR) is 81.8 cm³/mol. The number of hydrogen-bond acceptors (Lipinski definition) is 4. The van der Waals surface area contributed by atoms with E-state index in [4.69, 9.17) is 9.47 Å². The van der Waals surface area contributed by atoms with E-state index in [1.807, 2.05) is 55.5 Å². The lowest BCUT2D eigenvalue weighted by atomic mass is 10.2. The third kappa shape index (κ3) is 4.02. The highest BCUT2D eigenvalue weighted by molar-refractivity contribution is 5.80. The topological polar surface area (TPSA) is 42.8 Å². The van der Waals surface area contributed by atoms with Gasteiger partial charge in [-0.1, -0.05) is 12.1 Å². The molecule has 2 aromatic carbocycles. The van der Waals surface area contributed by atoms with E-state index in [9.17, 15) is 0 Å². The standard InChI is InChI=1S/C16H18N2O2/c1-3-20-16-6-4-5-13(11-16)12-17-18-14-7-9-15(19-2)10-8-14/h4-12,18H,3H2,1-2H3/b17-12+. The molecule has 4 nitrogen and oxygen atoms in total. The van der Waals surface area contributed by atoms with E-state index in [0.717, 1.165) is 22.7 Å². The third-order valence-corrected chi connectivity index (χ3v) is 2.67. The molecular weight excluding hydrogens is 252 g/mol. The number of ether oxygens (including phenoxy) is 2. The summed E-state index contributed by atoms with van der Waals surface area (Å²) in [6.45, 7) is 2.62. The van der Waals surface area contributed by atoms with Gasteiger partial charge in [-0.2, -0.15) is 5.10 Å². The number of hydrogen-bond donors (Lipinski definition) is 1. The molecule has 0 aromatic heterocycles. The van der Waals surface area contributed by atoms with Crippen LogP contribution in [0.1, 0.15) is 12.5 Å². The smallest absolute Gasteiger partial charge is 0.119 e. The lowest BCUT2D eigenvalue weighted by Gasteiger charge is -2.04. The summed E-state index contributed by atoms with van der Waals surface area (Å²) >= 11 is 0. The average Bonchev–Trinajstić information content (AvgIpc) is 2.49. The van der Waals surface area contributed by atoms with Crippen LogP contribution in [0.2, 0.25) is 0 Å².